The van der Waals surface area contributed by atoms with E-state index in [0.717, 1.165) is 11.1 Å². The summed E-state index contributed by atoms with van der Waals surface area (Å²) < 4.78 is 0. The topological polar surface area (TPSA) is 151 Å². The zero-order valence-electron chi connectivity index (χ0n) is 20.2. The largest absolute Gasteiger partial charge is 0.480 e. The molecule has 2 rings (SSSR count). The number of rotatable bonds is 12. The molecule has 4 atom stereocenters. The van der Waals surface area contributed by atoms with Crippen LogP contribution in [0.2, 0.25) is 0 Å². The summed E-state index contributed by atoms with van der Waals surface area (Å²) in [4.78, 5) is 49.9. The lowest BCUT2D eigenvalue weighted by Gasteiger charge is -2.27. The number of nitrogens with one attached hydrogen (secondary N) is 3. The van der Waals surface area contributed by atoms with Crippen LogP contribution >= 0.6 is 0 Å². The summed E-state index contributed by atoms with van der Waals surface area (Å²) >= 11 is 0. The Morgan fingerprint density at radius 3 is 1.74 bits per heavy atom. The summed E-state index contributed by atoms with van der Waals surface area (Å²) in [6.45, 7) is 4.88. The normalized spacial score (nSPS) is 14.3. The Morgan fingerprint density at radius 2 is 1.26 bits per heavy atom. The molecule has 188 valence electrons. The summed E-state index contributed by atoms with van der Waals surface area (Å²) in [7, 11) is 0. The number of hydrogen-bond acceptors (Lipinski definition) is 5. The number of hydrogen-bond donors (Lipinski definition) is 5. The molecule has 0 aliphatic rings. The second kappa shape index (κ2) is 13.2. The minimum Gasteiger partial charge on any atom is -0.480 e. The van der Waals surface area contributed by atoms with E-state index in [1.54, 1.807) is 38.1 Å². The molecule has 0 heterocycles. The SMILES string of the molecule is CC(NC(=O)C(Cc1ccccc1)NC(=O)C(NC(=O)C(N)Cc1ccccc1)C(C)C)C(=O)O. The van der Waals surface area contributed by atoms with Crippen molar-refractivity contribution in [1.82, 2.24) is 16.0 Å². The lowest BCUT2D eigenvalue weighted by Crippen LogP contribution is -2.58. The Morgan fingerprint density at radius 1 is 0.743 bits per heavy atom. The van der Waals surface area contributed by atoms with Gasteiger partial charge in [-0.15, -0.1) is 0 Å². The Bertz CT molecular complexity index is 997. The first-order valence-corrected chi connectivity index (χ1v) is 11.6. The van der Waals surface area contributed by atoms with Crippen LogP contribution in [0.3, 0.4) is 0 Å². The highest BCUT2D eigenvalue weighted by Crippen LogP contribution is 2.08. The highest BCUT2D eigenvalue weighted by atomic mass is 16.4. The zero-order valence-corrected chi connectivity index (χ0v) is 20.2. The third kappa shape index (κ3) is 8.86. The maximum Gasteiger partial charge on any atom is 0.325 e. The average Bonchev–Trinajstić information content (AvgIpc) is 2.82. The first kappa shape index (κ1) is 27.5. The number of carbonyl (C=O) groups is 4. The first-order chi connectivity index (χ1) is 16.6. The van der Waals surface area contributed by atoms with E-state index in [4.69, 9.17) is 10.8 Å². The lowest BCUT2D eigenvalue weighted by atomic mass is 9.99. The minimum absolute atomic E-state index is 0.150. The van der Waals surface area contributed by atoms with E-state index in [1.165, 1.54) is 6.92 Å². The minimum atomic E-state index is -1.19. The van der Waals surface area contributed by atoms with Crippen molar-refractivity contribution in [3.63, 3.8) is 0 Å². The highest BCUT2D eigenvalue weighted by Gasteiger charge is 2.31. The third-order valence-electron chi connectivity index (χ3n) is 5.53. The van der Waals surface area contributed by atoms with Crippen LogP contribution in [0.4, 0.5) is 0 Å². The molecule has 6 N–H and O–H groups in total. The molecule has 9 heteroatoms. The number of amides is 3. The number of benzene rings is 2. The van der Waals surface area contributed by atoms with Gasteiger partial charge in [-0.25, -0.2) is 0 Å². The van der Waals surface area contributed by atoms with Gasteiger partial charge in [-0.1, -0.05) is 74.5 Å². The fourth-order valence-electron chi connectivity index (χ4n) is 3.45. The highest BCUT2D eigenvalue weighted by molar-refractivity contribution is 5.94. The van der Waals surface area contributed by atoms with E-state index in [9.17, 15) is 19.2 Å². The number of carboxylic acids is 1. The molecule has 35 heavy (non-hydrogen) atoms. The van der Waals surface area contributed by atoms with Crippen molar-refractivity contribution in [2.24, 2.45) is 11.7 Å². The fraction of sp³-hybridized carbons (Fsp3) is 0.385. The van der Waals surface area contributed by atoms with E-state index in [1.807, 2.05) is 36.4 Å². The molecule has 9 nitrogen and oxygen atoms in total. The molecule has 0 bridgehead atoms. The monoisotopic (exact) mass is 482 g/mol. The van der Waals surface area contributed by atoms with Gasteiger partial charge < -0.3 is 26.8 Å². The van der Waals surface area contributed by atoms with Crippen molar-refractivity contribution in [3.8, 4) is 0 Å². The van der Waals surface area contributed by atoms with Gasteiger partial charge in [0.25, 0.3) is 0 Å². The Labute approximate surface area is 205 Å². The van der Waals surface area contributed by atoms with E-state index in [2.05, 4.69) is 16.0 Å². The van der Waals surface area contributed by atoms with Crippen LogP contribution in [0, 0.1) is 5.92 Å². The van der Waals surface area contributed by atoms with Crippen LogP contribution in [0.1, 0.15) is 31.9 Å². The molecular weight excluding hydrogens is 448 g/mol. The van der Waals surface area contributed by atoms with Crippen molar-refractivity contribution in [3.05, 3.63) is 71.8 Å². The quantitative estimate of drug-likeness (QED) is 0.305. The molecular formula is C26H34N4O5. The summed E-state index contributed by atoms with van der Waals surface area (Å²) in [5.74, 6) is -3.15. The van der Waals surface area contributed by atoms with Crippen LogP contribution in [0.25, 0.3) is 0 Å². The maximum atomic E-state index is 13.2. The molecule has 0 spiro atoms. The van der Waals surface area contributed by atoms with E-state index >= 15 is 0 Å². The van der Waals surface area contributed by atoms with Gasteiger partial charge in [-0.3, -0.25) is 19.2 Å². The van der Waals surface area contributed by atoms with Gasteiger partial charge in [-0.05, 0) is 30.4 Å². The first-order valence-electron chi connectivity index (χ1n) is 11.6. The zero-order chi connectivity index (χ0) is 26.0. The summed E-state index contributed by atoms with van der Waals surface area (Å²) in [6.07, 6.45) is 0.461. The van der Waals surface area contributed by atoms with Crippen LogP contribution in [-0.2, 0) is 32.0 Å². The fourth-order valence-corrected chi connectivity index (χ4v) is 3.45. The van der Waals surface area contributed by atoms with Crippen molar-refractivity contribution in [1.29, 1.82) is 0 Å². The molecule has 2 aromatic carbocycles. The smallest absolute Gasteiger partial charge is 0.325 e. The maximum absolute atomic E-state index is 13.2. The molecule has 0 saturated heterocycles. The standard InChI is InChI=1S/C26H34N4O5/c1-16(2)22(30-23(31)20(27)14-18-10-6-4-7-11-18)25(33)29-21(15-19-12-8-5-9-13-19)24(32)28-17(3)26(34)35/h4-13,16-17,20-22H,14-15,27H2,1-3H3,(H,28,32)(H,29,33)(H,30,31)(H,34,35). The Hall–Kier alpha value is -3.72. The van der Waals surface area contributed by atoms with Crippen LogP contribution < -0.4 is 21.7 Å². The molecule has 0 fully saturated rings. The van der Waals surface area contributed by atoms with Crippen molar-refractivity contribution in [2.45, 2.75) is 57.8 Å². The predicted molar refractivity (Wildman–Crippen MR) is 132 cm³/mol. The number of carboxylic acid groups (broad SMARTS) is 1. The molecule has 0 aliphatic heterocycles. The average molecular weight is 483 g/mol. The second-order valence-corrected chi connectivity index (χ2v) is 8.85. The van der Waals surface area contributed by atoms with Gasteiger partial charge in [0.2, 0.25) is 17.7 Å². The molecule has 2 aromatic rings. The van der Waals surface area contributed by atoms with Crippen LogP contribution in [-0.4, -0.2) is 53.0 Å². The van der Waals surface area contributed by atoms with Crippen LogP contribution in [0.5, 0.6) is 0 Å². The summed E-state index contributed by atoms with van der Waals surface area (Å²) in [5, 5.41) is 16.9. The Balaban J connectivity index is 2.12. The summed E-state index contributed by atoms with van der Waals surface area (Å²) in [5.41, 5.74) is 7.75. The van der Waals surface area contributed by atoms with E-state index in [0.29, 0.717) is 6.42 Å². The second-order valence-electron chi connectivity index (χ2n) is 8.85. The lowest BCUT2D eigenvalue weighted by molar-refractivity contribution is -0.141. The van der Waals surface area contributed by atoms with Gasteiger partial charge in [0.15, 0.2) is 0 Å². The molecule has 0 aromatic heterocycles. The summed E-state index contributed by atoms with van der Waals surface area (Å²) in [6, 6.07) is 14.4. The molecule has 0 saturated carbocycles. The van der Waals surface area contributed by atoms with Gasteiger partial charge >= 0.3 is 5.97 Å². The van der Waals surface area contributed by atoms with Gasteiger partial charge in [0, 0.05) is 6.42 Å². The van der Waals surface area contributed by atoms with E-state index < -0.39 is 47.9 Å². The molecule has 3 amide bonds. The third-order valence-corrected chi connectivity index (χ3v) is 5.53. The van der Waals surface area contributed by atoms with Gasteiger partial charge in [0.1, 0.15) is 18.1 Å². The molecule has 0 aliphatic carbocycles. The predicted octanol–water partition coefficient (Wildman–Crippen LogP) is 1.01. The van der Waals surface area contributed by atoms with Gasteiger partial charge in [0.05, 0.1) is 6.04 Å². The molecule has 4 unspecified atom stereocenters. The van der Waals surface area contributed by atoms with Crippen LogP contribution in [0.15, 0.2) is 60.7 Å². The van der Waals surface area contributed by atoms with E-state index in [-0.39, 0.29) is 12.3 Å². The van der Waals surface area contributed by atoms with Crippen molar-refractivity contribution in [2.75, 3.05) is 0 Å². The van der Waals surface area contributed by atoms with Crippen molar-refractivity contribution >= 4 is 23.7 Å². The van der Waals surface area contributed by atoms with Gasteiger partial charge in [-0.2, -0.15) is 0 Å². The Kier molecular flexibility index (Phi) is 10.4. The van der Waals surface area contributed by atoms with Crippen molar-refractivity contribution < 1.29 is 24.3 Å². The number of carbonyl (C=O) groups excluding carboxylic acids is 3. The molecule has 0 radical (unpaired) electrons. The number of aliphatic carboxylic acids is 1. The number of nitrogens with two attached hydrogens (primary N) is 1.